The van der Waals surface area contributed by atoms with Crippen LogP contribution >= 0.6 is 0 Å². The molecule has 1 aromatic carbocycles. The molecule has 2 aromatic rings. The molecule has 108 valence electrons. The third-order valence-electron chi connectivity index (χ3n) is 3.50. The minimum atomic E-state index is 0.348. The maximum Gasteiger partial charge on any atom is 0.108 e. The highest BCUT2D eigenvalue weighted by molar-refractivity contribution is 5.19. The zero-order chi connectivity index (χ0) is 14.2. The number of hydrogen-bond donors (Lipinski definition) is 1. The zero-order valence-electron chi connectivity index (χ0n) is 12.5. The SMILES string of the molecule is CCCNC(Cn1ccnc1CCC)c1ccccc1. The van der Waals surface area contributed by atoms with Crippen molar-refractivity contribution in [2.24, 2.45) is 0 Å². The summed E-state index contributed by atoms with van der Waals surface area (Å²) in [5.41, 5.74) is 1.34. The van der Waals surface area contributed by atoms with Crippen molar-refractivity contribution >= 4 is 0 Å². The highest BCUT2D eigenvalue weighted by atomic mass is 15.1. The third kappa shape index (κ3) is 3.94. The molecule has 0 aliphatic carbocycles. The van der Waals surface area contributed by atoms with Gasteiger partial charge in [0.25, 0.3) is 0 Å². The Hall–Kier alpha value is -1.61. The molecular weight excluding hydrogens is 246 g/mol. The van der Waals surface area contributed by atoms with Crippen molar-refractivity contribution in [2.75, 3.05) is 6.54 Å². The monoisotopic (exact) mass is 271 g/mol. The molecular formula is C17H25N3. The summed E-state index contributed by atoms with van der Waals surface area (Å²) in [4.78, 5) is 4.47. The highest BCUT2D eigenvalue weighted by Crippen LogP contribution is 2.16. The van der Waals surface area contributed by atoms with Crippen LogP contribution in [0.5, 0.6) is 0 Å². The van der Waals surface area contributed by atoms with Gasteiger partial charge in [-0.1, -0.05) is 44.2 Å². The van der Waals surface area contributed by atoms with E-state index in [9.17, 15) is 0 Å². The topological polar surface area (TPSA) is 29.9 Å². The molecule has 3 nitrogen and oxygen atoms in total. The molecule has 0 aliphatic heterocycles. The van der Waals surface area contributed by atoms with Crippen LogP contribution in [0.2, 0.25) is 0 Å². The number of benzene rings is 1. The minimum absolute atomic E-state index is 0.348. The lowest BCUT2D eigenvalue weighted by molar-refractivity contribution is 0.453. The molecule has 0 aliphatic rings. The number of rotatable bonds is 8. The van der Waals surface area contributed by atoms with Crippen LogP contribution in [0.3, 0.4) is 0 Å². The normalized spacial score (nSPS) is 12.5. The first-order valence-electron chi connectivity index (χ1n) is 7.63. The number of aromatic nitrogens is 2. The van der Waals surface area contributed by atoms with Crippen LogP contribution in [-0.2, 0) is 13.0 Å². The first kappa shape index (κ1) is 14.8. The summed E-state index contributed by atoms with van der Waals surface area (Å²) in [6.07, 6.45) is 7.33. The standard InChI is InChI=1S/C17H25N3/c1-3-8-17-19-12-13-20(17)14-16(18-11-4-2)15-9-6-5-7-10-15/h5-7,9-10,12-13,16,18H,3-4,8,11,14H2,1-2H3. The summed E-state index contributed by atoms with van der Waals surface area (Å²) in [6.45, 7) is 6.38. The maximum absolute atomic E-state index is 4.47. The number of nitrogens with one attached hydrogen (secondary N) is 1. The van der Waals surface area contributed by atoms with E-state index in [1.165, 1.54) is 11.4 Å². The molecule has 20 heavy (non-hydrogen) atoms. The molecule has 1 aromatic heterocycles. The lowest BCUT2D eigenvalue weighted by Gasteiger charge is -2.20. The molecule has 0 spiro atoms. The van der Waals surface area contributed by atoms with Crippen molar-refractivity contribution in [1.82, 2.24) is 14.9 Å². The molecule has 0 amide bonds. The molecule has 0 bridgehead atoms. The molecule has 1 unspecified atom stereocenters. The summed E-state index contributed by atoms with van der Waals surface area (Å²) in [5, 5.41) is 3.64. The quantitative estimate of drug-likeness (QED) is 0.795. The average molecular weight is 271 g/mol. The van der Waals surface area contributed by atoms with Crippen LogP contribution in [0.4, 0.5) is 0 Å². The van der Waals surface area contributed by atoms with E-state index in [0.29, 0.717) is 6.04 Å². The van der Waals surface area contributed by atoms with Gasteiger partial charge in [-0.25, -0.2) is 4.98 Å². The summed E-state index contributed by atoms with van der Waals surface area (Å²) in [5.74, 6) is 1.19. The fourth-order valence-electron chi connectivity index (χ4n) is 2.45. The van der Waals surface area contributed by atoms with Crippen LogP contribution in [0, 0.1) is 0 Å². The molecule has 1 heterocycles. The Morgan fingerprint density at radius 2 is 1.95 bits per heavy atom. The third-order valence-corrected chi connectivity index (χ3v) is 3.50. The zero-order valence-corrected chi connectivity index (χ0v) is 12.5. The lowest BCUT2D eigenvalue weighted by atomic mass is 10.1. The average Bonchev–Trinajstić information content (AvgIpc) is 2.92. The molecule has 0 fully saturated rings. The van der Waals surface area contributed by atoms with Gasteiger partial charge in [0.2, 0.25) is 0 Å². The molecule has 1 N–H and O–H groups in total. The van der Waals surface area contributed by atoms with E-state index in [1.54, 1.807) is 0 Å². The van der Waals surface area contributed by atoms with Crippen LogP contribution in [0.1, 0.15) is 44.1 Å². The fraction of sp³-hybridized carbons (Fsp3) is 0.471. The van der Waals surface area contributed by atoms with Gasteiger partial charge in [0.1, 0.15) is 5.82 Å². The number of hydrogen-bond acceptors (Lipinski definition) is 2. The Labute approximate surface area is 122 Å². The van der Waals surface area contributed by atoms with Crippen LogP contribution < -0.4 is 5.32 Å². The van der Waals surface area contributed by atoms with E-state index in [1.807, 2.05) is 6.20 Å². The Morgan fingerprint density at radius 1 is 1.15 bits per heavy atom. The van der Waals surface area contributed by atoms with E-state index in [2.05, 4.69) is 65.2 Å². The van der Waals surface area contributed by atoms with Crippen LogP contribution in [-0.4, -0.2) is 16.1 Å². The van der Waals surface area contributed by atoms with E-state index in [-0.39, 0.29) is 0 Å². The van der Waals surface area contributed by atoms with Crippen molar-refractivity contribution in [3.05, 3.63) is 54.1 Å². The summed E-state index contributed by atoms with van der Waals surface area (Å²) >= 11 is 0. The number of imidazole rings is 1. The lowest BCUT2D eigenvalue weighted by Crippen LogP contribution is -2.26. The number of aryl methyl sites for hydroxylation is 1. The first-order valence-corrected chi connectivity index (χ1v) is 7.63. The van der Waals surface area contributed by atoms with Crippen molar-refractivity contribution in [1.29, 1.82) is 0 Å². The van der Waals surface area contributed by atoms with Gasteiger partial charge in [-0.05, 0) is 24.9 Å². The molecule has 1 atom stereocenters. The summed E-state index contributed by atoms with van der Waals surface area (Å²) in [7, 11) is 0. The summed E-state index contributed by atoms with van der Waals surface area (Å²) < 4.78 is 2.28. The number of nitrogens with zero attached hydrogens (tertiary/aromatic N) is 2. The van der Waals surface area contributed by atoms with Crippen molar-refractivity contribution in [3.8, 4) is 0 Å². The molecule has 0 radical (unpaired) electrons. The van der Waals surface area contributed by atoms with Gasteiger partial charge < -0.3 is 9.88 Å². The van der Waals surface area contributed by atoms with Crippen LogP contribution in [0.25, 0.3) is 0 Å². The largest absolute Gasteiger partial charge is 0.333 e. The minimum Gasteiger partial charge on any atom is -0.333 e. The maximum atomic E-state index is 4.47. The van der Waals surface area contributed by atoms with E-state index in [0.717, 1.165) is 32.4 Å². The first-order chi connectivity index (χ1) is 9.85. The molecule has 0 saturated carbocycles. The second-order valence-corrected chi connectivity index (χ2v) is 5.16. The Bertz CT molecular complexity index is 490. The Balaban J connectivity index is 2.13. The second kappa shape index (κ2) is 7.85. The van der Waals surface area contributed by atoms with Gasteiger partial charge in [-0.3, -0.25) is 0 Å². The molecule has 2 rings (SSSR count). The highest BCUT2D eigenvalue weighted by Gasteiger charge is 2.12. The van der Waals surface area contributed by atoms with Crippen LogP contribution in [0.15, 0.2) is 42.7 Å². The smallest absolute Gasteiger partial charge is 0.108 e. The van der Waals surface area contributed by atoms with E-state index >= 15 is 0 Å². The van der Waals surface area contributed by atoms with Crippen molar-refractivity contribution in [3.63, 3.8) is 0 Å². The molecule has 0 saturated heterocycles. The van der Waals surface area contributed by atoms with Gasteiger partial charge in [-0.15, -0.1) is 0 Å². The predicted molar refractivity (Wildman–Crippen MR) is 83.7 cm³/mol. The van der Waals surface area contributed by atoms with Crippen molar-refractivity contribution < 1.29 is 0 Å². The van der Waals surface area contributed by atoms with Crippen molar-refractivity contribution in [2.45, 2.75) is 45.7 Å². The molecule has 3 heteroatoms. The summed E-state index contributed by atoms with van der Waals surface area (Å²) in [6, 6.07) is 11.0. The predicted octanol–water partition coefficient (Wildman–Crippen LogP) is 3.58. The van der Waals surface area contributed by atoms with Gasteiger partial charge >= 0.3 is 0 Å². The Morgan fingerprint density at radius 3 is 2.65 bits per heavy atom. The van der Waals surface area contributed by atoms with Gasteiger partial charge in [0.15, 0.2) is 0 Å². The van der Waals surface area contributed by atoms with Gasteiger partial charge in [0, 0.05) is 25.4 Å². The van der Waals surface area contributed by atoms with E-state index in [4.69, 9.17) is 0 Å². The second-order valence-electron chi connectivity index (χ2n) is 5.16. The van der Waals surface area contributed by atoms with E-state index < -0.39 is 0 Å². The Kier molecular flexibility index (Phi) is 5.81. The van der Waals surface area contributed by atoms with Gasteiger partial charge in [0.05, 0.1) is 6.04 Å². The fourth-order valence-corrected chi connectivity index (χ4v) is 2.45. The van der Waals surface area contributed by atoms with Gasteiger partial charge in [-0.2, -0.15) is 0 Å².